The number of ether oxygens (including phenoxy) is 1. The van der Waals surface area contributed by atoms with E-state index in [0.717, 1.165) is 32.1 Å². The third-order valence-electron chi connectivity index (χ3n) is 3.60. The maximum absolute atomic E-state index is 12.1. The Morgan fingerprint density at radius 3 is 2.56 bits per heavy atom. The van der Waals surface area contributed by atoms with Gasteiger partial charge in [-0.1, -0.05) is 6.42 Å². The molecule has 1 aliphatic heterocycles. The molecule has 3 N–H and O–H groups in total. The zero-order valence-electron chi connectivity index (χ0n) is 10.5. The van der Waals surface area contributed by atoms with Gasteiger partial charge in [-0.05, 0) is 32.1 Å². The van der Waals surface area contributed by atoms with Crippen molar-refractivity contribution in [3.63, 3.8) is 0 Å². The number of rotatable bonds is 3. The number of nitrogens with two attached hydrogens (primary N) is 1. The molecule has 0 aromatic carbocycles. The van der Waals surface area contributed by atoms with E-state index in [2.05, 4.69) is 4.72 Å². The van der Waals surface area contributed by atoms with E-state index in [1.807, 2.05) is 0 Å². The summed E-state index contributed by atoms with van der Waals surface area (Å²) < 4.78 is 32.3. The first kappa shape index (κ1) is 16.2. The van der Waals surface area contributed by atoms with Gasteiger partial charge in [0, 0.05) is 18.7 Å². The van der Waals surface area contributed by atoms with Gasteiger partial charge in [-0.2, -0.15) is 0 Å². The molecule has 3 unspecified atom stereocenters. The maximum Gasteiger partial charge on any atom is 0.217 e. The minimum absolute atomic E-state index is 0. The second kappa shape index (κ2) is 7.05. The number of nitrogens with one attached hydrogen (secondary N) is 1. The molecule has 0 spiro atoms. The summed E-state index contributed by atoms with van der Waals surface area (Å²) >= 11 is 0. The van der Waals surface area contributed by atoms with Gasteiger partial charge in [-0.15, -0.1) is 12.4 Å². The molecule has 0 radical (unpaired) electrons. The van der Waals surface area contributed by atoms with Gasteiger partial charge in [0.1, 0.15) is 0 Å². The molecule has 2 aliphatic rings. The van der Waals surface area contributed by atoms with Crippen LogP contribution >= 0.6 is 12.4 Å². The predicted molar refractivity (Wildman–Crippen MR) is 73.4 cm³/mol. The highest BCUT2D eigenvalue weighted by Gasteiger charge is 2.31. The Bertz CT molecular complexity index is 344. The molecular formula is C11H23ClN2O3S. The van der Waals surface area contributed by atoms with Crippen molar-refractivity contribution in [2.24, 2.45) is 5.73 Å². The highest BCUT2D eigenvalue weighted by atomic mass is 35.5. The number of hydrogen-bond donors (Lipinski definition) is 2. The van der Waals surface area contributed by atoms with Crippen LogP contribution in [0.15, 0.2) is 0 Å². The molecule has 0 amide bonds. The summed E-state index contributed by atoms with van der Waals surface area (Å²) in [5, 5.41) is -0.380. The second-order valence-corrected chi connectivity index (χ2v) is 7.12. The topological polar surface area (TPSA) is 81.4 Å². The van der Waals surface area contributed by atoms with Gasteiger partial charge in [0.15, 0.2) is 0 Å². The van der Waals surface area contributed by atoms with E-state index in [0.29, 0.717) is 19.6 Å². The molecule has 1 saturated heterocycles. The Kier molecular flexibility index (Phi) is 6.34. The Morgan fingerprint density at radius 2 is 1.94 bits per heavy atom. The summed E-state index contributed by atoms with van der Waals surface area (Å²) in [7, 11) is -3.24. The molecular weight excluding hydrogens is 276 g/mol. The van der Waals surface area contributed by atoms with Crippen molar-refractivity contribution in [3.8, 4) is 0 Å². The van der Waals surface area contributed by atoms with Crippen LogP contribution in [0.25, 0.3) is 0 Å². The minimum Gasteiger partial charge on any atom is -0.380 e. The van der Waals surface area contributed by atoms with Crippen molar-refractivity contribution in [3.05, 3.63) is 0 Å². The van der Waals surface area contributed by atoms with Gasteiger partial charge >= 0.3 is 0 Å². The van der Waals surface area contributed by atoms with Crippen LogP contribution < -0.4 is 10.5 Å². The summed E-state index contributed by atoms with van der Waals surface area (Å²) in [5.74, 6) is 0. The normalized spacial score (nSPS) is 33.7. The van der Waals surface area contributed by atoms with E-state index in [9.17, 15) is 8.42 Å². The molecule has 2 fully saturated rings. The van der Waals surface area contributed by atoms with E-state index in [1.54, 1.807) is 0 Å². The van der Waals surface area contributed by atoms with Crippen molar-refractivity contribution >= 4 is 22.4 Å². The van der Waals surface area contributed by atoms with Crippen LogP contribution in [-0.2, 0) is 14.8 Å². The molecule has 108 valence electrons. The van der Waals surface area contributed by atoms with Crippen molar-refractivity contribution in [2.45, 2.75) is 55.9 Å². The van der Waals surface area contributed by atoms with Gasteiger partial charge < -0.3 is 10.5 Å². The lowest BCUT2D eigenvalue weighted by molar-refractivity contribution is 0.0986. The smallest absolute Gasteiger partial charge is 0.217 e. The van der Waals surface area contributed by atoms with Crippen molar-refractivity contribution < 1.29 is 13.2 Å². The van der Waals surface area contributed by atoms with E-state index >= 15 is 0 Å². The first-order chi connectivity index (χ1) is 8.08. The minimum atomic E-state index is -3.24. The Morgan fingerprint density at radius 1 is 1.17 bits per heavy atom. The number of halogens is 1. The number of sulfonamides is 1. The first-order valence-corrected chi connectivity index (χ1v) is 7.97. The molecule has 7 heteroatoms. The van der Waals surface area contributed by atoms with Crippen LogP contribution in [0.3, 0.4) is 0 Å². The Labute approximate surface area is 115 Å². The van der Waals surface area contributed by atoms with Crippen molar-refractivity contribution in [1.82, 2.24) is 4.72 Å². The molecule has 1 heterocycles. The molecule has 5 nitrogen and oxygen atoms in total. The lowest BCUT2D eigenvalue weighted by Gasteiger charge is -2.30. The monoisotopic (exact) mass is 298 g/mol. The van der Waals surface area contributed by atoms with Gasteiger partial charge in [0.05, 0.1) is 11.9 Å². The number of hydrogen-bond acceptors (Lipinski definition) is 4. The van der Waals surface area contributed by atoms with Crippen LogP contribution in [-0.4, -0.2) is 39.0 Å². The van der Waals surface area contributed by atoms with Gasteiger partial charge in [-0.3, -0.25) is 0 Å². The van der Waals surface area contributed by atoms with Crippen molar-refractivity contribution in [2.75, 3.05) is 13.2 Å². The average molecular weight is 299 g/mol. The van der Waals surface area contributed by atoms with E-state index < -0.39 is 10.0 Å². The molecule has 0 aromatic rings. The highest BCUT2D eigenvalue weighted by Crippen LogP contribution is 2.20. The quantitative estimate of drug-likeness (QED) is 0.806. The lowest BCUT2D eigenvalue weighted by Crippen LogP contribution is -2.47. The lowest BCUT2D eigenvalue weighted by atomic mass is 9.92. The molecule has 2 rings (SSSR count). The van der Waals surface area contributed by atoms with Crippen molar-refractivity contribution in [1.29, 1.82) is 0 Å². The fraction of sp³-hybridized carbons (Fsp3) is 1.00. The fourth-order valence-corrected chi connectivity index (χ4v) is 4.24. The molecule has 18 heavy (non-hydrogen) atoms. The summed E-state index contributed by atoms with van der Waals surface area (Å²) in [6.45, 7) is 1.01. The molecule has 0 aromatic heterocycles. The summed E-state index contributed by atoms with van der Waals surface area (Å²) in [6.07, 6.45) is 5.21. The molecule has 1 saturated carbocycles. The standard InChI is InChI=1S/C11H22N2O3S.ClH/c12-9-3-1-4-10(7-9)13-17(14,15)11-5-2-6-16-8-11;/h9-11,13H,1-8,12H2;1H. The van der Waals surface area contributed by atoms with E-state index in [4.69, 9.17) is 10.5 Å². The predicted octanol–water partition coefficient (Wildman–Crippen LogP) is 0.776. The summed E-state index contributed by atoms with van der Waals surface area (Å²) in [4.78, 5) is 0. The van der Waals surface area contributed by atoms with Crippen LogP contribution in [0, 0.1) is 0 Å². The first-order valence-electron chi connectivity index (χ1n) is 6.42. The second-order valence-electron chi connectivity index (χ2n) is 5.13. The van der Waals surface area contributed by atoms with Gasteiger partial charge in [0.2, 0.25) is 10.0 Å². The zero-order chi connectivity index (χ0) is 12.3. The summed E-state index contributed by atoms with van der Waals surface area (Å²) in [5.41, 5.74) is 5.86. The van der Waals surface area contributed by atoms with E-state index in [1.165, 1.54) is 0 Å². The van der Waals surface area contributed by atoms with Crippen LogP contribution in [0.4, 0.5) is 0 Å². The van der Waals surface area contributed by atoms with Gasteiger partial charge in [-0.25, -0.2) is 13.1 Å². The third-order valence-corrected chi connectivity index (χ3v) is 5.51. The molecule has 3 atom stereocenters. The third kappa shape index (κ3) is 4.35. The molecule has 0 bridgehead atoms. The fourth-order valence-electron chi connectivity index (χ4n) is 2.62. The Balaban J connectivity index is 0.00000162. The zero-order valence-corrected chi connectivity index (χ0v) is 12.1. The molecule has 1 aliphatic carbocycles. The van der Waals surface area contributed by atoms with Gasteiger partial charge in [0.25, 0.3) is 0 Å². The van der Waals surface area contributed by atoms with E-state index in [-0.39, 0.29) is 29.7 Å². The van der Waals surface area contributed by atoms with Crippen LogP contribution in [0.1, 0.15) is 38.5 Å². The maximum atomic E-state index is 12.1. The highest BCUT2D eigenvalue weighted by molar-refractivity contribution is 7.90. The van der Waals surface area contributed by atoms with Crippen LogP contribution in [0.5, 0.6) is 0 Å². The summed E-state index contributed by atoms with van der Waals surface area (Å²) in [6, 6.07) is 0.157. The SMILES string of the molecule is Cl.NC1CCCC(NS(=O)(=O)C2CCCOC2)C1. The Hall–Kier alpha value is 0.120. The van der Waals surface area contributed by atoms with Crippen LogP contribution in [0.2, 0.25) is 0 Å². The average Bonchev–Trinajstić information content (AvgIpc) is 2.29. The largest absolute Gasteiger partial charge is 0.380 e.